The minimum Gasteiger partial charge on any atom is -0.507 e. The van der Waals surface area contributed by atoms with Crippen LogP contribution in [0.15, 0.2) is 39.5 Å². The van der Waals surface area contributed by atoms with E-state index in [4.69, 9.17) is 18.6 Å². The first-order chi connectivity index (χ1) is 16.9. The van der Waals surface area contributed by atoms with Gasteiger partial charge in [-0.05, 0) is 62.9 Å². The van der Waals surface area contributed by atoms with E-state index >= 15 is 0 Å². The van der Waals surface area contributed by atoms with Gasteiger partial charge in [0.25, 0.3) is 0 Å². The largest absolute Gasteiger partial charge is 0.507 e. The zero-order chi connectivity index (χ0) is 25.1. The Kier molecular flexibility index (Phi) is 7.31. The van der Waals surface area contributed by atoms with Crippen LogP contribution >= 0.6 is 0 Å². The molecule has 0 amide bonds. The third-order valence-corrected chi connectivity index (χ3v) is 6.76. The highest BCUT2D eigenvalue weighted by Crippen LogP contribution is 2.35. The van der Waals surface area contributed by atoms with Crippen molar-refractivity contribution in [3.63, 3.8) is 0 Å². The minimum absolute atomic E-state index is 0.0413. The molecular weight excluding hydrogens is 450 g/mol. The van der Waals surface area contributed by atoms with Crippen LogP contribution in [0.4, 0.5) is 0 Å². The zero-order valence-electron chi connectivity index (χ0n) is 20.6. The average Bonchev–Trinajstić information content (AvgIpc) is 2.86. The standard InChI is InChI=1S/C27H31NO7/c1-5-34-27(31)26-23(17-9-12-21(32-3)22(14-17)33-4)24(30)18-10-11-20(29)19(25(18)35-26)15-28-13-7-6-8-16(28)2/h9-12,14,16,29H,5-8,13,15H2,1-4H3/p+1. The van der Waals surface area contributed by atoms with E-state index in [0.717, 1.165) is 19.4 Å². The number of carbonyl (C=O) groups excluding carboxylic acids is 1. The van der Waals surface area contributed by atoms with Gasteiger partial charge < -0.3 is 28.6 Å². The molecule has 2 atom stereocenters. The van der Waals surface area contributed by atoms with E-state index in [1.165, 1.54) is 37.7 Å². The number of phenols is 1. The molecule has 35 heavy (non-hydrogen) atoms. The number of aromatic hydroxyl groups is 1. The predicted octanol–water partition coefficient (Wildman–Crippen LogP) is 3.32. The van der Waals surface area contributed by atoms with E-state index in [-0.39, 0.29) is 34.7 Å². The number of likely N-dealkylation sites (tertiary alicyclic amines) is 1. The zero-order valence-corrected chi connectivity index (χ0v) is 20.6. The van der Waals surface area contributed by atoms with Crippen LogP contribution in [0, 0.1) is 0 Å². The van der Waals surface area contributed by atoms with Gasteiger partial charge in [0.2, 0.25) is 11.2 Å². The number of carbonyl (C=O) groups is 1. The average molecular weight is 483 g/mol. The van der Waals surface area contributed by atoms with Crippen molar-refractivity contribution >= 4 is 16.9 Å². The number of nitrogens with one attached hydrogen (secondary N) is 1. The summed E-state index contributed by atoms with van der Waals surface area (Å²) in [6.07, 6.45) is 3.39. The normalized spacial score (nSPS) is 17.8. The summed E-state index contributed by atoms with van der Waals surface area (Å²) in [5.41, 5.74) is 0.864. The molecule has 2 N–H and O–H groups in total. The maximum atomic E-state index is 13.8. The van der Waals surface area contributed by atoms with E-state index in [1.807, 2.05) is 0 Å². The van der Waals surface area contributed by atoms with Gasteiger partial charge in [0, 0.05) is 0 Å². The molecule has 1 fully saturated rings. The maximum absolute atomic E-state index is 13.8. The lowest BCUT2D eigenvalue weighted by molar-refractivity contribution is -0.941. The van der Waals surface area contributed by atoms with Gasteiger partial charge in [-0.2, -0.15) is 0 Å². The molecule has 1 aliphatic heterocycles. The Morgan fingerprint density at radius 1 is 1.14 bits per heavy atom. The number of phenolic OH excluding ortho intramolecular Hbond substituents is 1. The lowest BCUT2D eigenvalue weighted by Gasteiger charge is -2.30. The lowest BCUT2D eigenvalue weighted by Crippen LogP contribution is -3.14. The molecule has 186 valence electrons. The van der Waals surface area contributed by atoms with Crippen molar-refractivity contribution in [1.82, 2.24) is 0 Å². The molecule has 4 rings (SSSR count). The lowest BCUT2D eigenvalue weighted by atomic mass is 9.98. The van der Waals surface area contributed by atoms with Gasteiger partial charge in [-0.3, -0.25) is 4.79 Å². The molecule has 0 radical (unpaired) electrons. The van der Waals surface area contributed by atoms with Crippen LogP contribution in [-0.4, -0.2) is 44.5 Å². The second kappa shape index (κ2) is 10.4. The van der Waals surface area contributed by atoms with Gasteiger partial charge in [0.15, 0.2) is 17.1 Å². The summed E-state index contributed by atoms with van der Waals surface area (Å²) in [4.78, 5) is 28.1. The highest BCUT2D eigenvalue weighted by Gasteiger charge is 2.29. The van der Waals surface area contributed by atoms with Crippen molar-refractivity contribution in [1.29, 1.82) is 0 Å². The molecule has 3 aromatic rings. The molecule has 1 aliphatic rings. The van der Waals surface area contributed by atoms with Crippen molar-refractivity contribution in [3.8, 4) is 28.4 Å². The van der Waals surface area contributed by atoms with Crippen molar-refractivity contribution in [2.75, 3.05) is 27.4 Å². The molecule has 8 heteroatoms. The summed E-state index contributed by atoms with van der Waals surface area (Å²) in [5.74, 6) is -0.00712. The van der Waals surface area contributed by atoms with Crippen molar-refractivity contribution in [2.24, 2.45) is 0 Å². The van der Waals surface area contributed by atoms with Crippen LogP contribution < -0.4 is 19.8 Å². The second-order valence-corrected chi connectivity index (χ2v) is 8.85. The molecule has 1 saturated heterocycles. The van der Waals surface area contributed by atoms with Gasteiger partial charge in [-0.25, -0.2) is 4.79 Å². The molecule has 2 heterocycles. The van der Waals surface area contributed by atoms with E-state index in [1.54, 1.807) is 25.1 Å². The number of quaternary nitrogens is 1. The van der Waals surface area contributed by atoms with E-state index in [0.29, 0.717) is 40.6 Å². The summed E-state index contributed by atoms with van der Waals surface area (Å²) >= 11 is 0. The van der Waals surface area contributed by atoms with Crippen LogP contribution in [0.25, 0.3) is 22.1 Å². The van der Waals surface area contributed by atoms with Crippen molar-refractivity contribution in [2.45, 2.75) is 45.7 Å². The summed E-state index contributed by atoms with van der Waals surface area (Å²) < 4.78 is 22.1. The summed E-state index contributed by atoms with van der Waals surface area (Å²) in [6, 6.07) is 8.43. The Morgan fingerprint density at radius 2 is 1.91 bits per heavy atom. The van der Waals surface area contributed by atoms with E-state index < -0.39 is 5.97 Å². The first kappa shape index (κ1) is 24.6. The number of esters is 1. The van der Waals surface area contributed by atoms with E-state index in [2.05, 4.69) is 6.92 Å². The fraction of sp³-hybridized carbons (Fsp3) is 0.407. The van der Waals surface area contributed by atoms with Gasteiger partial charge in [0.05, 0.1) is 49.9 Å². The molecule has 0 bridgehead atoms. The minimum atomic E-state index is -0.746. The predicted molar refractivity (Wildman–Crippen MR) is 131 cm³/mol. The number of hydrogen-bond acceptors (Lipinski definition) is 7. The third-order valence-electron chi connectivity index (χ3n) is 6.76. The van der Waals surface area contributed by atoms with Gasteiger partial charge in [0.1, 0.15) is 12.3 Å². The SMILES string of the molecule is CCOC(=O)c1oc2c(C[NH+]3CCCCC3C)c(O)ccc2c(=O)c1-c1ccc(OC)c(OC)c1. The van der Waals surface area contributed by atoms with Crippen LogP contribution in [0.3, 0.4) is 0 Å². The molecule has 1 aromatic heterocycles. The number of methoxy groups -OCH3 is 2. The van der Waals surface area contributed by atoms with Crippen molar-refractivity contribution in [3.05, 3.63) is 51.9 Å². The third kappa shape index (κ3) is 4.71. The van der Waals surface area contributed by atoms with Crippen LogP contribution in [0.2, 0.25) is 0 Å². The molecule has 0 saturated carbocycles. The molecule has 8 nitrogen and oxygen atoms in total. The summed E-state index contributed by atoms with van der Waals surface area (Å²) in [5, 5.41) is 11.0. The van der Waals surface area contributed by atoms with Crippen molar-refractivity contribution < 1.29 is 33.4 Å². The van der Waals surface area contributed by atoms with Gasteiger partial charge in [-0.1, -0.05) is 6.07 Å². The Balaban J connectivity index is 1.95. The highest BCUT2D eigenvalue weighted by molar-refractivity contribution is 5.98. The molecule has 0 aliphatic carbocycles. The Hall–Kier alpha value is -3.52. The first-order valence-corrected chi connectivity index (χ1v) is 11.9. The number of rotatable bonds is 7. The fourth-order valence-electron chi connectivity index (χ4n) is 4.81. The number of fused-ring (bicyclic) bond motifs is 1. The fourth-order valence-corrected chi connectivity index (χ4v) is 4.81. The van der Waals surface area contributed by atoms with Gasteiger partial charge >= 0.3 is 5.97 Å². The molecule has 0 spiro atoms. The summed E-state index contributed by atoms with van der Waals surface area (Å²) in [6.45, 7) is 5.45. The quantitative estimate of drug-likeness (QED) is 0.499. The monoisotopic (exact) mass is 482 g/mol. The second-order valence-electron chi connectivity index (χ2n) is 8.85. The molecule has 2 aromatic carbocycles. The van der Waals surface area contributed by atoms with Crippen LogP contribution in [0.1, 0.15) is 49.2 Å². The topological polar surface area (TPSA) is 99.6 Å². The Bertz CT molecular complexity index is 1300. The van der Waals surface area contributed by atoms with Gasteiger partial charge in [-0.15, -0.1) is 0 Å². The number of benzene rings is 2. The van der Waals surface area contributed by atoms with Crippen LogP contribution in [0.5, 0.6) is 17.2 Å². The number of hydrogen-bond donors (Lipinski definition) is 2. The maximum Gasteiger partial charge on any atom is 0.375 e. The highest BCUT2D eigenvalue weighted by atomic mass is 16.5. The van der Waals surface area contributed by atoms with Crippen LogP contribution in [-0.2, 0) is 11.3 Å². The first-order valence-electron chi connectivity index (χ1n) is 11.9. The summed E-state index contributed by atoms with van der Waals surface area (Å²) in [7, 11) is 3.01. The van der Waals surface area contributed by atoms with E-state index in [9.17, 15) is 14.7 Å². The number of ether oxygens (including phenoxy) is 3. The molecular formula is C27H32NO7+. The molecule has 2 unspecified atom stereocenters. The smallest absolute Gasteiger partial charge is 0.375 e. The number of piperidine rings is 1. The Labute approximate surface area is 204 Å². The Morgan fingerprint density at radius 3 is 2.60 bits per heavy atom.